The highest BCUT2D eigenvalue weighted by Gasteiger charge is 2.25. The predicted octanol–water partition coefficient (Wildman–Crippen LogP) is 5.47. The monoisotopic (exact) mass is 796 g/mol. The summed E-state index contributed by atoms with van der Waals surface area (Å²) in [6, 6.07) is 11.3. The number of carbonyl (C=O) groups excluding carboxylic acids is 3. The van der Waals surface area contributed by atoms with Gasteiger partial charge in [0.15, 0.2) is 11.9 Å². The van der Waals surface area contributed by atoms with Crippen LogP contribution in [0.4, 0.5) is 20.6 Å². The minimum Gasteiger partial charge on any atom is -0.493 e. The van der Waals surface area contributed by atoms with Crippen LogP contribution >= 0.6 is 0 Å². The van der Waals surface area contributed by atoms with E-state index in [0.717, 1.165) is 6.42 Å². The van der Waals surface area contributed by atoms with Crippen molar-refractivity contribution in [2.45, 2.75) is 65.6 Å². The van der Waals surface area contributed by atoms with Gasteiger partial charge in [0.2, 0.25) is 0 Å². The Bertz CT molecular complexity index is 1850. The maximum absolute atomic E-state index is 14.4. The van der Waals surface area contributed by atoms with Gasteiger partial charge in [-0.25, -0.2) is 14.0 Å². The lowest BCUT2D eigenvalue weighted by Crippen LogP contribution is -2.31. The van der Waals surface area contributed by atoms with Gasteiger partial charge in [-0.2, -0.15) is 0 Å². The molecule has 0 radical (unpaired) electrons. The molecule has 0 heterocycles. The first-order valence-electron chi connectivity index (χ1n) is 18.3. The zero-order chi connectivity index (χ0) is 42.0. The topological polar surface area (TPSA) is 254 Å². The van der Waals surface area contributed by atoms with E-state index in [1.54, 1.807) is 20.8 Å². The highest BCUT2D eigenvalue weighted by molar-refractivity contribution is 6.08. The number of benzene rings is 3. The average Bonchev–Trinajstić information content (AvgIpc) is 3.14. The SMILES string of the molecule is CCCCOc1cc(NC(=O)c2cc(OCc3ccc(F)cc3)c(NC(=O)OC(C)(C)C)cc2OCCCNC(=N)N)c(OCCCNC(=N)N)cc1C(=O)OC. The molecule has 0 bridgehead atoms. The molecule has 18 heteroatoms. The normalized spacial score (nSPS) is 10.8. The first kappa shape index (κ1) is 44.9. The number of anilines is 2. The van der Waals surface area contributed by atoms with Crippen LogP contribution in [0.25, 0.3) is 0 Å². The number of hydrogen-bond donors (Lipinski definition) is 8. The molecule has 3 rings (SSSR count). The molecule has 0 spiro atoms. The van der Waals surface area contributed by atoms with Crippen molar-refractivity contribution in [1.29, 1.82) is 10.8 Å². The van der Waals surface area contributed by atoms with Crippen LogP contribution in [0, 0.1) is 16.6 Å². The number of rotatable bonds is 21. The molecule has 310 valence electrons. The van der Waals surface area contributed by atoms with E-state index >= 15 is 0 Å². The molecule has 0 unspecified atom stereocenters. The van der Waals surface area contributed by atoms with E-state index in [1.165, 1.54) is 55.6 Å². The number of unbranched alkanes of at least 4 members (excludes halogenated alkanes) is 1. The second kappa shape index (κ2) is 22.2. The fourth-order valence-corrected chi connectivity index (χ4v) is 4.87. The second-order valence-corrected chi connectivity index (χ2v) is 13.5. The van der Waals surface area contributed by atoms with Gasteiger partial charge in [0.25, 0.3) is 5.91 Å². The maximum Gasteiger partial charge on any atom is 0.412 e. The third-order valence-corrected chi connectivity index (χ3v) is 7.55. The Balaban J connectivity index is 2.12. The number of methoxy groups -OCH3 is 1. The quantitative estimate of drug-likeness (QED) is 0.0288. The summed E-state index contributed by atoms with van der Waals surface area (Å²) < 4.78 is 48.3. The van der Waals surface area contributed by atoms with Crippen LogP contribution in [0.15, 0.2) is 48.5 Å². The Morgan fingerprint density at radius 2 is 1.23 bits per heavy atom. The molecule has 17 nitrogen and oxygen atoms in total. The summed E-state index contributed by atoms with van der Waals surface area (Å²) in [5.74, 6) is -1.88. The molecule has 2 amide bonds. The van der Waals surface area contributed by atoms with Crippen molar-refractivity contribution < 1.29 is 47.2 Å². The standard InChI is InChI=1S/C39H53FN8O9/c1-6-7-16-53-31-21-28(32(20-27(31)35(50)52-5)55-18-9-15-46-37(43)44)47-34(49)26-19-33(56-23-24-10-12-25(40)13-11-24)29(48-38(51)57-39(2,3)4)22-30(26)54-17-8-14-45-36(41)42/h10-13,19-22H,6-9,14-18,23H2,1-5H3,(H,47,49)(H,48,51)(H4,41,42,45)(H4,43,44,46). The molecule has 0 aromatic heterocycles. The van der Waals surface area contributed by atoms with Gasteiger partial charge in [-0.05, 0) is 63.8 Å². The molecule has 0 aliphatic carbocycles. The van der Waals surface area contributed by atoms with Gasteiger partial charge in [-0.1, -0.05) is 25.5 Å². The number of halogens is 1. The molecule has 0 saturated carbocycles. The highest BCUT2D eigenvalue weighted by atomic mass is 19.1. The van der Waals surface area contributed by atoms with Crippen molar-refractivity contribution in [3.8, 4) is 23.0 Å². The molecular formula is C39H53FN8O9. The summed E-state index contributed by atoms with van der Waals surface area (Å²) in [6.07, 6.45) is 1.50. The number of esters is 1. The Kier molecular flexibility index (Phi) is 17.5. The van der Waals surface area contributed by atoms with Crippen molar-refractivity contribution in [1.82, 2.24) is 10.6 Å². The van der Waals surface area contributed by atoms with E-state index < -0.39 is 29.4 Å². The largest absolute Gasteiger partial charge is 0.493 e. The van der Waals surface area contributed by atoms with E-state index in [1.807, 2.05) is 6.92 Å². The first-order valence-corrected chi connectivity index (χ1v) is 18.3. The third-order valence-electron chi connectivity index (χ3n) is 7.55. The smallest absolute Gasteiger partial charge is 0.412 e. The van der Waals surface area contributed by atoms with Gasteiger partial charge in [-0.15, -0.1) is 0 Å². The van der Waals surface area contributed by atoms with Crippen LogP contribution in [-0.4, -0.2) is 75.5 Å². The Hall–Kier alpha value is -6.46. The van der Waals surface area contributed by atoms with E-state index in [2.05, 4.69) is 21.3 Å². The molecule has 0 saturated heterocycles. The molecule has 0 fully saturated rings. The highest BCUT2D eigenvalue weighted by Crippen LogP contribution is 2.38. The summed E-state index contributed by atoms with van der Waals surface area (Å²) in [5, 5.41) is 25.7. The molecular weight excluding hydrogens is 743 g/mol. The zero-order valence-electron chi connectivity index (χ0n) is 32.9. The lowest BCUT2D eigenvalue weighted by molar-refractivity contribution is 0.0593. The van der Waals surface area contributed by atoms with Crippen LogP contribution in [0.3, 0.4) is 0 Å². The second-order valence-electron chi connectivity index (χ2n) is 13.5. The third kappa shape index (κ3) is 15.7. The number of nitrogens with one attached hydrogen (secondary N) is 6. The number of guanidine groups is 2. The predicted molar refractivity (Wildman–Crippen MR) is 213 cm³/mol. The molecule has 3 aromatic rings. The zero-order valence-corrected chi connectivity index (χ0v) is 32.9. The van der Waals surface area contributed by atoms with Gasteiger partial charge in [0.1, 0.15) is 46.6 Å². The number of ether oxygens (including phenoxy) is 6. The van der Waals surface area contributed by atoms with Crippen LogP contribution in [0.1, 0.15) is 79.7 Å². The average molecular weight is 797 g/mol. The Labute approximate surface area is 331 Å². The summed E-state index contributed by atoms with van der Waals surface area (Å²) in [5.41, 5.74) is 10.8. The maximum atomic E-state index is 14.4. The Morgan fingerprint density at radius 1 is 0.719 bits per heavy atom. The van der Waals surface area contributed by atoms with Crippen molar-refractivity contribution in [3.63, 3.8) is 0 Å². The summed E-state index contributed by atoms with van der Waals surface area (Å²) >= 11 is 0. The Morgan fingerprint density at radius 3 is 1.77 bits per heavy atom. The lowest BCUT2D eigenvalue weighted by Gasteiger charge is -2.22. The van der Waals surface area contributed by atoms with Crippen molar-refractivity contribution in [3.05, 3.63) is 71.0 Å². The number of carbonyl (C=O) groups is 3. The fraction of sp³-hybridized carbons (Fsp3) is 0.410. The summed E-state index contributed by atoms with van der Waals surface area (Å²) in [4.78, 5) is 40.2. The first-order chi connectivity index (χ1) is 27.1. The van der Waals surface area contributed by atoms with Crippen LogP contribution < -0.4 is 51.7 Å². The molecule has 10 N–H and O–H groups in total. The van der Waals surface area contributed by atoms with Crippen LogP contribution in [-0.2, 0) is 16.1 Å². The van der Waals surface area contributed by atoms with Crippen LogP contribution in [0.5, 0.6) is 23.0 Å². The molecule has 0 aliphatic heterocycles. The van der Waals surface area contributed by atoms with Crippen molar-refractivity contribution in [2.75, 3.05) is 50.7 Å². The van der Waals surface area contributed by atoms with Gasteiger partial charge in [0.05, 0.1) is 43.9 Å². The van der Waals surface area contributed by atoms with Gasteiger partial charge in [-0.3, -0.25) is 20.9 Å². The van der Waals surface area contributed by atoms with E-state index in [9.17, 15) is 18.8 Å². The van der Waals surface area contributed by atoms with Gasteiger partial charge < -0.3 is 55.8 Å². The minimum atomic E-state index is -0.839. The molecule has 3 aromatic carbocycles. The summed E-state index contributed by atoms with van der Waals surface area (Å²) in [6.45, 7) is 8.11. The summed E-state index contributed by atoms with van der Waals surface area (Å²) in [7, 11) is 1.23. The molecule has 0 aliphatic rings. The van der Waals surface area contributed by atoms with Gasteiger partial charge in [0, 0.05) is 31.3 Å². The number of amides is 2. The van der Waals surface area contributed by atoms with Gasteiger partial charge >= 0.3 is 12.1 Å². The van der Waals surface area contributed by atoms with Crippen molar-refractivity contribution >= 4 is 41.3 Å². The van der Waals surface area contributed by atoms with E-state index in [0.29, 0.717) is 37.9 Å². The van der Waals surface area contributed by atoms with Crippen LogP contribution in [0.2, 0.25) is 0 Å². The molecule has 0 atom stereocenters. The number of nitrogens with two attached hydrogens (primary N) is 2. The molecule has 57 heavy (non-hydrogen) atoms. The van der Waals surface area contributed by atoms with E-state index in [-0.39, 0.29) is 83.8 Å². The number of hydrogen-bond acceptors (Lipinski definition) is 11. The fourth-order valence-electron chi connectivity index (χ4n) is 4.87. The van der Waals surface area contributed by atoms with Crippen molar-refractivity contribution in [2.24, 2.45) is 11.5 Å². The van der Waals surface area contributed by atoms with E-state index in [4.69, 9.17) is 50.7 Å². The minimum absolute atomic E-state index is 0.0273. The lowest BCUT2D eigenvalue weighted by atomic mass is 10.1.